The Hall–Kier alpha value is -3.94. The molecule has 1 unspecified atom stereocenters. The average molecular weight is 423 g/mol. The Bertz CT molecular complexity index is 1310. The number of carbonyl (C=O) groups is 1. The van der Waals surface area contributed by atoms with Crippen LogP contribution in [0.15, 0.2) is 61.3 Å². The Morgan fingerprint density at radius 3 is 2.50 bits per heavy atom. The summed E-state index contributed by atoms with van der Waals surface area (Å²) in [6.07, 6.45) is 12.2. The van der Waals surface area contributed by atoms with Crippen LogP contribution in [0.3, 0.4) is 0 Å². The zero-order valence-electron chi connectivity index (χ0n) is 17.6. The van der Waals surface area contributed by atoms with Crippen LogP contribution in [0, 0.1) is 5.92 Å². The van der Waals surface area contributed by atoms with E-state index in [0.717, 1.165) is 35.1 Å². The molecule has 0 saturated heterocycles. The Labute approximate surface area is 185 Å². The number of rotatable bonds is 4. The summed E-state index contributed by atoms with van der Waals surface area (Å²) in [5, 5.41) is 4.29. The van der Waals surface area contributed by atoms with Crippen molar-refractivity contribution in [1.82, 2.24) is 29.7 Å². The van der Waals surface area contributed by atoms with Crippen LogP contribution in [0.4, 0.5) is 5.82 Å². The van der Waals surface area contributed by atoms with Gasteiger partial charge in [-0.3, -0.25) is 14.4 Å². The quantitative estimate of drug-likeness (QED) is 0.495. The molecular formula is C24H21N7O. The van der Waals surface area contributed by atoms with E-state index in [2.05, 4.69) is 31.1 Å². The Kier molecular flexibility index (Phi) is 4.31. The van der Waals surface area contributed by atoms with Crippen LogP contribution in [-0.4, -0.2) is 35.6 Å². The third-order valence-corrected chi connectivity index (χ3v) is 6.39. The van der Waals surface area contributed by atoms with E-state index in [4.69, 9.17) is 0 Å². The Balaban J connectivity index is 1.44. The minimum absolute atomic E-state index is 0.0201. The smallest absolute Gasteiger partial charge is 0.260 e. The van der Waals surface area contributed by atoms with Gasteiger partial charge in [-0.05, 0) is 54.2 Å². The minimum atomic E-state index is -0.0395. The summed E-state index contributed by atoms with van der Waals surface area (Å²) >= 11 is 0. The van der Waals surface area contributed by atoms with Gasteiger partial charge in [-0.1, -0.05) is 12.5 Å². The van der Waals surface area contributed by atoms with E-state index in [9.17, 15) is 4.79 Å². The van der Waals surface area contributed by atoms with Gasteiger partial charge in [0.25, 0.3) is 5.91 Å². The van der Waals surface area contributed by atoms with Crippen LogP contribution in [0.25, 0.3) is 22.8 Å². The van der Waals surface area contributed by atoms with Gasteiger partial charge in [-0.15, -0.1) is 0 Å². The average Bonchev–Trinajstić information content (AvgIpc) is 3.35. The number of fused-ring (bicyclic) bond motifs is 1. The lowest BCUT2D eigenvalue weighted by molar-refractivity contribution is 0.0976. The fourth-order valence-electron chi connectivity index (χ4n) is 4.62. The molecule has 4 aromatic rings. The molecule has 8 heteroatoms. The zero-order chi connectivity index (χ0) is 21.7. The van der Waals surface area contributed by atoms with Crippen LogP contribution in [0.2, 0.25) is 0 Å². The van der Waals surface area contributed by atoms with E-state index >= 15 is 0 Å². The lowest BCUT2D eigenvalue weighted by Crippen LogP contribution is -2.35. The van der Waals surface area contributed by atoms with Gasteiger partial charge in [0.05, 0.1) is 12.2 Å². The molecule has 3 aromatic heterocycles. The lowest BCUT2D eigenvalue weighted by Gasteiger charge is -2.37. The Morgan fingerprint density at radius 1 is 0.969 bits per heavy atom. The standard InChI is InChI=1S/C24H21N7O/c1-30-14-17(13-28-30)16-6-7-18-19(12-16)21(15-4-2-5-15)31(24(18)32)20-8-11-27-23(29-20)22-25-9-3-10-26-22/h3,6-15,21H,2,4-5H2,1H3. The summed E-state index contributed by atoms with van der Waals surface area (Å²) in [5.41, 5.74) is 3.92. The summed E-state index contributed by atoms with van der Waals surface area (Å²) < 4.78 is 1.79. The van der Waals surface area contributed by atoms with Crippen molar-refractivity contribution in [2.75, 3.05) is 4.90 Å². The number of anilines is 1. The second kappa shape index (κ2) is 7.33. The Morgan fingerprint density at radius 2 is 1.78 bits per heavy atom. The molecule has 2 aliphatic rings. The highest BCUT2D eigenvalue weighted by molar-refractivity contribution is 6.11. The topological polar surface area (TPSA) is 89.7 Å². The van der Waals surface area contributed by atoms with E-state index in [1.54, 1.807) is 35.4 Å². The molecule has 1 aliphatic heterocycles. The van der Waals surface area contributed by atoms with E-state index in [1.165, 1.54) is 6.42 Å². The molecule has 158 valence electrons. The highest BCUT2D eigenvalue weighted by atomic mass is 16.2. The molecule has 6 rings (SSSR count). The number of benzene rings is 1. The molecule has 1 saturated carbocycles. The van der Waals surface area contributed by atoms with Crippen molar-refractivity contribution in [1.29, 1.82) is 0 Å². The SMILES string of the molecule is Cn1cc(-c2ccc3c(c2)C(C2CCC2)N(c2ccnc(-c4ncccn4)n2)C3=O)cn1. The van der Waals surface area contributed by atoms with Gasteiger partial charge >= 0.3 is 0 Å². The maximum Gasteiger partial charge on any atom is 0.260 e. The first kappa shape index (κ1) is 18.8. The normalized spacial score (nSPS) is 18.0. The first-order valence-electron chi connectivity index (χ1n) is 10.8. The van der Waals surface area contributed by atoms with Crippen molar-refractivity contribution >= 4 is 11.7 Å². The summed E-state index contributed by atoms with van der Waals surface area (Å²) in [7, 11) is 1.91. The molecule has 4 heterocycles. The largest absolute Gasteiger partial charge is 0.285 e. The number of nitrogens with zero attached hydrogens (tertiary/aromatic N) is 7. The first-order chi connectivity index (χ1) is 15.7. The van der Waals surface area contributed by atoms with Gasteiger partial charge < -0.3 is 0 Å². The monoisotopic (exact) mass is 423 g/mol. The fourth-order valence-corrected chi connectivity index (χ4v) is 4.62. The maximum atomic E-state index is 13.6. The summed E-state index contributed by atoms with van der Waals surface area (Å²) in [4.78, 5) is 32.9. The molecule has 8 nitrogen and oxygen atoms in total. The van der Waals surface area contributed by atoms with Gasteiger partial charge in [0.1, 0.15) is 5.82 Å². The van der Waals surface area contributed by atoms with Crippen LogP contribution >= 0.6 is 0 Å². The predicted molar refractivity (Wildman–Crippen MR) is 119 cm³/mol. The number of aromatic nitrogens is 6. The molecule has 0 radical (unpaired) electrons. The van der Waals surface area contributed by atoms with E-state index in [1.807, 2.05) is 36.5 Å². The van der Waals surface area contributed by atoms with Crippen molar-refractivity contribution in [3.8, 4) is 22.8 Å². The predicted octanol–water partition coefficient (Wildman–Crippen LogP) is 3.84. The number of hydrogen-bond donors (Lipinski definition) is 0. The van der Waals surface area contributed by atoms with Crippen LogP contribution < -0.4 is 4.90 Å². The number of amides is 1. The van der Waals surface area contributed by atoms with Crippen LogP contribution in [0.1, 0.15) is 41.2 Å². The van der Waals surface area contributed by atoms with Crippen molar-refractivity contribution in [2.24, 2.45) is 13.0 Å². The highest BCUT2D eigenvalue weighted by Crippen LogP contribution is 2.48. The molecule has 1 amide bonds. The van der Waals surface area contributed by atoms with Crippen molar-refractivity contribution in [3.05, 3.63) is 72.4 Å². The lowest BCUT2D eigenvalue weighted by atomic mass is 9.77. The molecule has 32 heavy (non-hydrogen) atoms. The van der Waals surface area contributed by atoms with Crippen LogP contribution in [-0.2, 0) is 7.05 Å². The molecule has 1 atom stereocenters. The van der Waals surface area contributed by atoms with Gasteiger partial charge in [0.2, 0.25) is 0 Å². The van der Waals surface area contributed by atoms with E-state index < -0.39 is 0 Å². The van der Waals surface area contributed by atoms with Crippen molar-refractivity contribution in [3.63, 3.8) is 0 Å². The zero-order valence-corrected chi connectivity index (χ0v) is 17.6. The van der Waals surface area contributed by atoms with E-state index in [0.29, 0.717) is 23.4 Å². The maximum absolute atomic E-state index is 13.6. The molecule has 1 fully saturated rings. The summed E-state index contributed by atoms with van der Waals surface area (Å²) in [6, 6.07) is 9.59. The number of hydrogen-bond acceptors (Lipinski definition) is 6. The molecule has 0 N–H and O–H groups in total. The molecule has 1 aromatic carbocycles. The number of aryl methyl sites for hydroxylation is 1. The van der Waals surface area contributed by atoms with Gasteiger partial charge in [-0.2, -0.15) is 5.10 Å². The van der Waals surface area contributed by atoms with Crippen molar-refractivity contribution in [2.45, 2.75) is 25.3 Å². The molecule has 0 spiro atoms. The minimum Gasteiger partial charge on any atom is -0.285 e. The van der Waals surface area contributed by atoms with Gasteiger partial charge in [0.15, 0.2) is 11.6 Å². The van der Waals surface area contributed by atoms with Crippen LogP contribution in [0.5, 0.6) is 0 Å². The third kappa shape index (κ3) is 2.98. The van der Waals surface area contributed by atoms with Gasteiger partial charge in [-0.25, -0.2) is 19.9 Å². The second-order valence-electron chi connectivity index (χ2n) is 8.33. The fraction of sp³-hybridized carbons (Fsp3) is 0.250. The summed E-state index contributed by atoms with van der Waals surface area (Å²) in [6.45, 7) is 0. The van der Waals surface area contributed by atoms with Gasteiger partial charge in [0, 0.05) is 43.0 Å². The highest BCUT2D eigenvalue weighted by Gasteiger charge is 2.44. The van der Waals surface area contributed by atoms with Crippen molar-refractivity contribution < 1.29 is 4.79 Å². The summed E-state index contributed by atoms with van der Waals surface area (Å²) in [5.74, 6) is 1.83. The number of carbonyl (C=O) groups excluding carboxylic acids is 1. The molecule has 0 bridgehead atoms. The second-order valence-corrected chi connectivity index (χ2v) is 8.33. The third-order valence-electron chi connectivity index (χ3n) is 6.39. The molecule has 1 aliphatic carbocycles. The molecular weight excluding hydrogens is 402 g/mol. The van der Waals surface area contributed by atoms with E-state index in [-0.39, 0.29) is 11.9 Å². The first-order valence-corrected chi connectivity index (χ1v) is 10.8.